The molecule has 4 nitrogen and oxygen atoms in total. The zero-order chi connectivity index (χ0) is 19.5. The lowest BCUT2D eigenvalue weighted by Crippen LogP contribution is -2.25. The predicted molar refractivity (Wildman–Crippen MR) is 103 cm³/mol. The molecule has 1 N–H and O–H groups in total. The lowest BCUT2D eigenvalue weighted by Gasteiger charge is -2.16. The van der Waals surface area contributed by atoms with Gasteiger partial charge in [-0.3, -0.25) is 4.68 Å². The Kier molecular flexibility index (Phi) is 5.39. The number of aryl methyl sites for hydroxylation is 2. The lowest BCUT2D eigenvalue weighted by molar-refractivity contribution is 0.414. The summed E-state index contributed by atoms with van der Waals surface area (Å²) in [6.07, 6.45) is 2.56. The molecule has 0 saturated heterocycles. The summed E-state index contributed by atoms with van der Waals surface area (Å²) in [5, 5.41) is 8.20. The highest BCUT2D eigenvalue weighted by Crippen LogP contribution is 2.22. The first-order valence-corrected chi connectivity index (χ1v) is 9.48. The lowest BCUT2D eigenvalue weighted by atomic mass is 10.0. The molecule has 1 aromatic heterocycles. The molecule has 146 valence electrons. The van der Waals surface area contributed by atoms with Gasteiger partial charge in [-0.25, -0.2) is 8.78 Å². The molecule has 1 aliphatic heterocycles. The summed E-state index contributed by atoms with van der Waals surface area (Å²) in [6, 6.07) is 11.7. The predicted octanol–water partition coefficient (Wildman–Crippen LogP) is 3.65. The molecule has 0 fully saturated rings. The second-order valence-corrected chi connectivity index (χ2v) is 7.08. The first-order valence-electron chi connectivity index (χ1n) is 9.48. The van der Waals surface area contributed by atoms with Crippen molar-refractivity contribution in [3.8, 4) is 5.75 Å². The number of nitrogens with zero attached hydrogens (tertiary/aromatic N) is 2. The van der Waals surface area contributed by atoms with Gasteiger partial charge in [-0.1, -0.05) is 12.1 Å². The maximum absolute atomic E-state index is 13.5. The number of methoxy groups -OCH3 is 1. The number of hydrogen-bond acceptors (Lipinski definition) is 3. The van der Waals surface area contributed by atoms with Crippen molar-refractivity contribution in [1.82, 2.24) is 15.1 Å². The van der Waals surface area contributed by atoms with Crippen LogP contribution in [0.2, 0.25) is 0 Å². The second kappa shape index (κ2) is 8.10. The minimum absolute atomic E-state index is 0.375. The summed E-state index contributed by atoms with van der Waals surface area (Å²) in [5.41, 5.74) is 5.24. The van der Waals surface area contributed by atoms with E-state index in [1.807, 2.05) is 16.8 Å². The van der Waals surface area contributed by atoms with Crippen molar-refractivity contribution < 1.29 is 13.5 Å². The van der Waals surface area contributed by atoms with Gasteiger partial charge >= 0.3 is 0 Å². The van der Waals surface area contributed by atoms with E-state index in [1.54, 1.807) is 7.11 Å². The molecule has 0 radical (unpaired) electrons. The standard InChI is InChI=1S/C22H23F2N3O/c1-28-19-5-2-15(3-6-19)4-7-21-20-13-25-9-8-22(20)27(26-21)14-16-10-17(23)12-18(24)11-16/h2-3,5-6,10-12,25H,4,7-9,13-14H2,1H3. The van der Waals surface area contributed by atoms with E-state index in [1.165, 1.54) is 23.3 Å². The molecule has 0 unspecified atom stereocenters. The van der Waals surface area contributed by atoms with E-state index in [0.717, 1.165) is 55.6 Å². The Morgan fingerprint density at radius 3 is 2.50 bits per heavy atom. The van der Waals surface area contributed by atoms with Crippen LogP contribution >= 0.6 is 0 Å². The van der Waals surface area contributed by atoms with Crippen LogP contribution in [-0.4, -0.2) is 23.4 Å². The summed E-state index contributed by atoms with van der Waals surface area (Å²) in [4.78, 5) is 0. The molecule has 0 spiro atoms. The maximum Gasteiger partial charge on any atom is 0.126 e. The van der Waals surface area contributed by atoms with E-state index < -0.39 is 11.6 Å². The van der Waals surface area contributed by atoms with Crippen molar-refractivity contribution >= 4 is 0 Å². The Hall–Kier alpha value is -2.73. The molecule has 1 aliphatic rings. The van der Waals surface area contributed by atoms with Crippen molar-refractivity contribution in [2.24, 2.45) is 0 Å². The Labute approximate surface area is 163 Å². The van der Waals surface area contributed by atoms with Gasteiger partial charge in [0.25, 0.3) is 0 Å². The Balaban J connectivity index is 1.55. The van der Waals surface area contributed by atoms with Gasteiger partial charge in [0, 0.05) is 36.8 Å². The van der Waals surface area contributed by atoms with Gasteiger partial charge in [-0.15, -0.1) is 0 Å². The number of halogens is 2. The highest BCUT2D eigenvalue weighted by atomic mass is 19.1. The van der Waals surface area contributed by atoms with E-state index in [0.29, 0.717) is 12.1 Å². The Bertz CT molecular complexity index is 946. The summed E-state index contributed by atoms with van der Waals surface area (Å²) >= 11 is 0. The number of nitrogens with one attached hydrogen (secondary N) is 1. The van der Waals surface area contributed by atoms with E-state index in [2.05, 4.69) is 17.4 Å². The molecule has 0 amide bonds. The summed E-state index contributed by atoms with van der Waals surface area (Å²) < 4.78 is 34.2. The fourth-order valence-electron chi connectivity index (χ4n) is 3.75. The number of rotatable bonds is 6. The molecular formula is C22H23F2N3O. The van der Waals surface area contributed by atoms with Gasteiger partial charge in [0.05, 0.1) is 19.3 Å². The smallest absolute Gasteiger partial charge is 0.126 e. The molecule has 0 bridgehead atoms. The highest BCUT2D eigenvalue weighted by molar-refractivity contribution is 5.32. The molecule has 2 aromatic carbocycles. The summed E-state index contributed by atoms with van der Waals surface area (Å²) in [6.45, 7) is 2.04. The van der Waals surface area contributed by atoms with Gasteiger partial charge in [0.1, 0.15) is 17.4 Å². The Morgan fingerprint density at radius 2 is 1.79 bits per heavy atom. The number of benzene rings is 2. The van der Waals surface area contributed by atoms with Gasteiger partial charge in [-0.2, -0.15) is 5.10 Å². The van der Waals surface area contributed by atoms with Crippen LogP contribution in [0.25, 0.3) is 0 Å². The van der Waals surface area contributed by atoms with Gasteiger partial charge < -0.3 is 10.1 Å². The molecule has 0 atom stereocenters. The molecule has 3 aromatic rings. The summed E-state index contributed by atoms with van der Waals surface area (Å²) in [7, 11) is 1.66. The molecular weight excluding hydrogens is 360 g/mol. The van der Waals surface area contributed by atoms with Crippen molar-refractivity contribution in [1.29, 1.82) is 0 Å². The monoisotopic (exact) mass is 383 g/mol. The van der Waals surface area contributed by atoms with Crippen LogP contribution in [0.4, 0.5) is 8.78 Å². The fourth-order valence-corrected chi connectivity index (χ4v) is 3.75. The molecule has 28 heavy (non-hydrogen) atoms. The molecule has 0 saturated carbocycles. The van der Waals surface area contributed by atoms with Gasteiger partial charge in [0.15, 0.2) is 0 Å². The largest absolute Gasteiger partial charge is 0.497 e. The zero-order valence-electron chi connectivity index (χ0n) is 15.8. The normalized spacial score (nSPS) is 13.4. The van der Waals surface area contributed by atoms with Crippen LogP contribution in [0.5, 0.6) is 5.75 Å². The van der Waals surface area contributed by atoms with Gasteiger partial charge in [0.2, 0.25) is 0 Å². The van der Waals surface area contributed by atoms with E-state index in [-0.39, 0.29) is 0 Å². The second-order valence-electron chi connectivity index (χ2n) is 7.08. The third-order valence-corrected chi connectivity index (χ3v) is 5.15. The minimum Gasteiger partial charge on any atom is -0.497 e. The molecule has 4 rings (SSSR count). The first kappa shape index (κ1) is 18.6. The van der Waals surface area contributed by atoms with Gasteiger partial charge in [-0.05, 0) is 48.2 Å². The Morgan fingerprint density at radius 1 is 1.04 bits per heavy atom. The third kappa shape index (κ3) is 4.07. The van der Waals surface area contributed by atoms with Crippen LogP contribution in [0.3, 0.4) is 0 Å². The van der Waals surface area contributed by atoms with E-state index in [4.69, 9.17) is 9.84 Å². The minimum atomic E-state index is -0.558. The number of hydrogen-bond donors (Lipinski definition) is 1. The summed E-state index contributed by atoms with van der Waals surface area (Å²) in [5.74, 6) is -0.272. The van der Waals surface area contributed by atoms with Crippen LogP contribution < -0.4 is 10.1 Å². The van der Waals surface area contributed by atoms with E-state index >= 15 is 0 Å². The van der Waals surface area contributed by atoms with Crippen molar-refractivity contribution in [2.45, 2.75) is 32.4 Å². The SMILES string of the molecule is COc1ccc(CCc2nn(Cc3cc(F)cc(F)c3)c3c2CNCC3)cc1. The quantitative estimate of drug-likeness (QED) is 0.706. The molecule has 6 heteroatoms. The van der Waals surface area contributed by atoms with Crippen LogP contribution in [0, 0.1) is 11.6 Å². The molecule has 0 aliphatic carbocycles. The first-order chi connectivity index (χ1) is 13.6. The fraction of sp³-hybridized carbons (Fsp3) is 0.318. The van der Waals surface area contributed by atoms with Crippen LogP contribution in [0.1, 0.15) is 28.1 Å². The van der Waals surface area contributed by atoms with Crippen molar-refractivity contribution in [3.63, 3.8) is 0 Å². The average molecular weight is 383 g/mol. The van der Waals surface area contributed by atoms with E-state index in [9.17, 15) is 8.78 Å². The average Bonchev–Trinajstić information content (AvgIpc) is 3.04. The highest BCUT2D eigenvalue weighted by Gasteiger charge is 2.20. The molecule has 2 heterocycles. The number of fused-ring (bicyclic) bond motifs is 1. The van der Waals surface area contributed by atoms with Crippen LogP contribution in [-0.2, 0) is 32.4 Å². The van der Waals surface area contributed by atoms with Crippen molar-refractivity contribution in [2.75, 3.05) is 13.7 Å². The van der Waals surface area contributed by atoms with Crippen molar-refractivity contribution in [3.05, 3.63) is 82.2 Å². The maximum atomic E-state index is 13.5. The van der Waals surface area contributed by atoms with Crippen LogP contribution in [0.15, 0.2) is 42.5 Å². The number of aromatic nitrogens is 2. The zero-order valence-corrected chi connectivity index (χ0v) is 15.8. The number of ether oxygens (including phenoxy) is 1. The third-order valence-electron chi connectivity index (χ3n) is 5.15. The topological polar surface area (TPSA) is 39.1 Å².